The summed E-state index contributed by atoms with van der Waals surface area (Å²) in [4.78, 5) is 29.4. The molecule has 2 saturated heterocycles. The van der Waals surface area contributed by atoms with Gasteiger partial charge in [-0.3, -0.25) is 9.69 Å². The smallest absolute Gasteiger partial charge is 0.447 e. The molecule has 0 spiro atoms. The second-order valence-corrected chi connectivity index (χ2v) is 11.7. The van der Waals surface area contributed by atoms with Crippen LogP contribution in [0.25, 0.3) is 0 Å². The molecule has 2 aliphatic heterocycles. The van der Waals surface area contributed by atoms with E-state index in [1.165, 1.54) is 0 Å². The Kier molecular flexibility index (Phi) is 10.9. The van der Waals surface area contributed by atoms with E-state index in [1.807, 2.05) is 31.2 Å². The van der Waals surface area contributed by atoms with Gasteiger partial charge >= 0.3 is 13.2 Å². The Morgan fingerprint density at radius 2 is 1.93 bits per heavy atom. The van der Waals surface area contributed by atoms with E-state index in [1.54, 1.807) is 23.6 Å². The number of nitriles is 1. The molecule has 2 aliphatic rings. The van der Waals surface area contributed by atoms with Crippen molar-refractivity contribution in [3.05, 3.63) is 35.4 Å². The van der Waals surface area contributed by atoms with Gasteiger partial charge < -0.3 is 25.0 Å². The molecule has 3 rings (SSSR count). The minimum Gasteiger partial charge on any atom is -0.447 e. The number of nitrogens with zero attached hydrogens (tertiary/aromatic N) is 3. The summed E-state index contributed by atoms with van der Waals surface area (Å²) in [7, 11) is -1.81. The van der Waals surface area contributed by atoms with E-state index in [4.69, 9.17) is 4.74 Å². The molecule has 0 radical (unpaired) electrons. The highest BCUT2D eigenvalue weighted by atomic mass is 19.3. The summed E-state index contributed by atoms with van der Waals surface area (Å²) < 4.78 is 33.1. The Morgan fingerprint density at radius 3 is 2.52 bits per heavy atom. The van der Waals surface area contributed by atoms with Crippen LogP contribution in [-0.4, -0.2) is 88.7 Å². The standard InChI is InChI=1S/C28H41BF2N4O5/c1-20-8-10-21(11-9-20)15-24(29(38)39)33-26(37)40-18-23-7-5-4-6-13-35(23)25(36)22(17-32)16-27(2,3)34-14-12-28(30,31)19-34/h8-11,22-24,38-39H,4-7,12-16,18-19H2,1-3H3,(H,33,37)/t22?,23-,24+/m1/s1. The number of ether oxygens (including phenoxy) is 1. The van der Waals surface area contributed by atoms with Crippen LogP contribution in [0.4, 0.5) is 13.6 Å². The Hall–Kier alpha value is -2.75. The largest absolute Gasteiger partial charge is 0.475 e. The Morgan fingerprint density at radius 1 is 1.23 bits per heavy atom. The number of nitrogens with one attached hydrogen (secondary N) is 1. The zero-order chi connectivity index (χ0) is 29.5. The highest BCUT2D eigenvalue weighted by Crippen LogP contribution is 2.35. The molecule has 12 heteroatoms. The van der Waals surface area contributed by atoms with Gasteiger partial charge in [-0.2, -0.15) is 5.26 Å². The Balaban J connectivity index is 1.61. The van der Waals surface area contributed by atoms with E-state index < -0.39 is 49.1 Å². The second kappa shape index (κ2) is 13.7. The van der Waals surface area contributed by atoms with Crippen LogP contribution in [0.1, 0.15) is 63.5 Å². The van der Waals surface area contributed by atoms with E-state index in [9.17, 15) is 33.7 Å². The summed E-state index contributed by atoms with van der Waals surface area (Å²) >= 11 is 0. The summed E-state index contributed by atoms with van der Waals surface area (Å²) in [5, 5.41) is 32.0. The molecule has 220 valence electrons. The van der Waals surface area contributed by atoms with Crippen molar-refractivity contribution < 1.29 is 33.2 Å². The monoisotopic (exact) mass is 562 g/mol. The van der Waals surface area contributed by atoms with Gasteiger partial charge in [-0.1, -0.05) is 42.7 Å². The van der Waals surface area contributed by atoms with Gasteiger partial charge in [0.2, 0.25) is 5.91 Å². The minimum absolute atomic E-state index is 0.109. The lowest BCUT2D eigenvalue weighted by molar-refractivity contribution is -0.138. The maximum Gasteiger partial charge on any atom is 0.475 e. The molecule has 2 fully saturated rings. The fourth-order valence-electron chi connectivity index (χ4n) is 5.48. The molecular weight excluding hydrogens is 521 g/mol. The molecule has 2 heterocycles. The van der Waals surface area contributed by atoms with Crippen LogP contribution in [-0.2, 0) is 16.0 Å². The average molecular weight is 562 g/mol. The topological polar surface area (TPSA) is 126 Å². The SMILES string of the molecule is Cc1ccc(C[C@H](NC(=O)OC[C@H]2CCCCCN2C(=O)C(C#N)CC(C)(C)N2CCC(F)(F)C2)B(O)O)cc1. The third-order valence-electron chi connectivity index (χ3n) is 7.99. The third-order valence-corrected chi connectivity index (χ3v) is 7.99. The normalized spacial score (nSPS) is 21.1. The van der Waals surface area contributed by atoms with E-state index >= 15 is 0 Å². The van der Waals surface area contributed by atoms with E-state index in [0.29, 0.717) is 13.0 Å². The first-order valence-corrected chi connectivity index (χ1v) is 14.0. The molecular formula is C28H41BF2N4O5. The molecule has 1 aromatic carbocycles. The lowest BCUT2D eigenvalue weighted by atomic mass is 9.76. The molecule has 0 aliphatic carbocycles. The van der Waals surface area contributed by atoms with E-state index in [0.717, 1.165) is 30.4 Å². The molecule has 3 atom stereocenters. The summed E-state index contributed by atoms with van der Waals surface area (Å²) in [6.07, 6.45) is 2.23. The zero-order valence-corrected chi connectivity index (χ0v) is 23.6. The number of alkyl carbamates (subject to hydrolysis) is 1. The van der Waals surface area contributed by atoms with Crippen LogP contribution in [0.2, 0.25) is 0 Å². The molecule has 0 saturated carbocycles. The van der Waals surface area contributed by atoms with Gasteiger partial charge in [0.15, 0.2) is 0 Å². The molecule has 1 unspecified atom stereocenters. The molecule has 9 nitrogen and oxygen atoms in total. The molecule has 1 aromatic rings. The van der Waals surface area contributed by atoms with Crippen LogP contribution in [0, 0.1) is 24.2 Å². The average Bonchev–Trinajstić information content (AvgIpc) is 3.12. The van der Waals surface area contributed by atoms with Crippen LogP contribution < -0.4 is 5.32 Å². The predicted octanol–water partition coefficient (Wildman–Crippen LogP) is 3.07. The van der Waals surface area contributed by atoms with Gasteiger partial charge in [-0.05, 0) is 52.0 Å². The molecule has 0 aromatic heterocycles. The maximum absolute atomic E-state index is 13.8. The lowest BCUT2D eigenvalue weighted by Crippen LogP contribution is -2.51. The van der Waals surface area contributed by atoms with Crippen LogP contribution in [0.3, 0.4) is 0 Å². The molecule has 0 bridgehead atoms. The molecule has 3 N–H and O–H groups in total. The lowest BCUT2D eigenvalue weighted by Gasteiger charge is -2.38. The summed E-state index contributed by atoms with van der Waals surface area (Å²) in [5.74, 6) is -5.18. The highest BCUT2D eigenvalue weighted by Gasteiger charge is 2.45. The fourth-order valence-corrected chi connectivity index (χ4v) is 5.48. The van der Waals surface area contributed by atoms with Gasteiger partial charge in [0.1, 0.15) is 12.5 Å². The highest BCUT2D eigenvalue weighted by molar-refractivity contribution is 6.43. The summed E-state index contributed by atoms with van der Waals surface area (Å²) in [6, 6.07) is 9.10. The number of hydrogen-bond acceptors (Lipinski definition) is 7. The van der Waals surface area contributed by atoms with Gasteiger partial charge in [-0.15, -0.1) is 0 Å². The number of alkyl halides is 2. The number of hydrogen-bond donors (Lipinski definition) is 3. The van der Waals surface area contributed by atoms with Crippen molar-refractivity contribution in [2.75, 3.05) is 26.2 Å². The quantitative estimate of drug-likeness (QED) is 0.375. The van der Waals surface area contributed by atoms with Gasteiger partial charge in [-0.25, -0.2) is 13.6 Å². The van der Waals surface area contributed by atoms with Crippen molar-refractivity contribution in [2.24, 2.45) is 5.92 Å². The molecule has 2 amide bonds. The second-order valence-electron chi connectivity index (χ2n) is 11.7. The van der Waals surface area contributed by atoms with E-state index in [-0.39, 0.29) is 38.3 Å². The Labute approximate surface area is 235 Å². The van der Waals surface area contributed by atoms with E-state index in [2.05, 4.69) is 11.4 Å². The number of likely N-dealkylation sites (tertiary alicyclic amines) is 2. The van der Waals surface area contributed by atoms with Crippen LogP contribution in [0.15, 0.2) is 24.3 Å². The van der Waals surface area contributed by atoms with Gasteiger partial charge in [0, 0.05) is 25.0 Å². The third kappa shape index (κ3) is 8.88. The number of rotatable bonds is 10. The first kappa shape index (κ1) is 31.8. The van der Waals surface area contributed by atoms with Crippen LogP contribution in [0.5, 0.6) is 0 Å². The van der Waals surface area contributed by atoms with Crippen molar-refractivity contribution in [3.8, 4) is 6.07 Å². The first-order chi connectivity index (χ1) is 18.8. The Bertz CT molecular complexity index is 1050. The number of amides is 2. The van der Waals surface area contributed by atoms with Crippen molar-refractivity contribution >= 4 is 19.1 Å². The zero-order valence-electron chi connectivity index (χ0n) is 23.6. The fraction of sp³-hybridized carbons (Fsp3) is 0.679. The number of benzene rings is 1. The van der Waals surface area contributed by atoms with Gasteiger partial charge in [0.25, 0.3) is 5.92 Å². The number of carbonyl (C=O) groups is 2. The number of aryl methyl sites for hydroxylation is 1. The van der Waals surface area contributed by atoms with Crippen LogP contribution >= 0.6 is 0 Å². The van der Waals surface area contributed by atoms with Crippen molar-refractivity contribution in [1.29, 1.82) is 5.26 Å². The maximum atomic E-state index is 13.8. The van der Waals surface area contributed by atoms with Crippen molar-refractivity contribution in [1.82, 2.24) is 15.1 Å². The summed E-state index contributed by atoms with van der Waals surface area (Å²) in [5.41, 5.74) is 1.10. The summed E-state index contributed by atoms with van der Waals surface area (Å²) in [6.45, 7) is 5.60. The first-order valence-electron chi connectivity index (χ1n) is 14.0. The van der Waals surface area contributed by atoms with Crippen molar-refractivity contribution in [3.63, 3.8) is 0 Å². The molecule has 40 heavy (non-hydrogen) atoms. The number of carbonyl (C=O) groups excluding carboxylic acids is 2. The predicted molar refractivity (Wildman–Crippen MR) is 146 cm³/mol. The minimum atomic E-state index is -2.78. The van der Waals surface area contributed by atoms with Gasteiger partial charge in [0.05, 0.1) is 24.6 Å². The van der Waals surface area contributed by atoms with Crippen molar-refractivity contribution in [2.45, 2.75) is 89.2 Å². The number of halogens is 2.